The van der Waals surface area contributed by atoms with Crippen molar-refractivity contribution < 1.29 is 9.53 Å². The summed E-state index contributed by atoms with van der Waals surface area (Å²) in [6, 6.07) is 5.27. The van der Waals surface area contributed by atoms with E-state index in [0.717, 1.165) is 4.47 Å². The molecule has 3 N–H and O–H groups in total. The summed E-state index contributed by atoms with van der Waals surface area (Å²) in [5, 5.41) is 2.81. The van der Waals surface area contributed by atoms with Crippen LogP contribution in [-0.2, 0) is 0 Å². The molecule has 0 radical (unpaired) electrons. The summed E-state index contributed by atoms with van der Waals surface area (Å²) < 4.78 is 6.39. The molecule has 4 nitrogen and oxygen atoms in total. The van der Waals surface area contributed by atoms with E-state index in [1.54, 1.807) is 12.1 Å². The number of carbonyl (C=O) groups excluding carboxylic acids is 1. The molecule has 1 amide bonds. The number of hydrogen-bond acceptors (Lipinski definition) is 3. The van der Waals surface area contributed by atoms with Gasteiger partial charge in [-0.3, -0.25) is 4.79 Å². The van der Waals surface area contributed by atoms with E-state index >= 15 is 0 Å². The predicted molar refractivity (Wildman–Crippen MR) is 83.1 cm³/mol. The van der Waals surface area contributed by atoms with Crippen molar-refractivity contribution in [3.63, 3.8) is 0 Å². The summed E-state index contributed by atoms with van der Waals surface area (Å²) in [5.74, 6) is 0.521. The minimum atomic E-state index is -0.150. The van der Waals surface area contributed by atoms with Gasteiger partial charge in [-0.1, -0.05) is 15.9 Å². The van der Waals surface area contributed by atoms with Gasteiger partial charge in [-0.25, -0.2) is 0 Å². The number of ether oxygens (including phenoxy) is 1. The average molecular weight is 352 g/mol. The van der Waals surface area contributed by atoms with Crippen molar-refractivity contribution in [2.24, 2.45) is 5.73 Å². The van der Waals surface area contributed by atoms with Crippen LogP contribution in [-0.4, -0.2) is 24.6 Å². The number of rotatable bonds is 5. The van der Waals surface area contributed by atoms with Crippen LogP contribution in [0.1, 0.15) is 31.1 Å². The van der Waals surface area contributed by atoms with Crippen LogP contribution < -0.4 is 15.8 Å². The van der Waals surface area contributed by atoms with E-state index in [0.29, 0.717) is 17.9 Å². The van der Waals surface area contributed by atoms with Gasteiger partial charge < -0.3 is 15.8 Å². The fourth-order valence-corrected chi connectivity index (χ4v) is 1.87. The third kappa shape index (κ3) is 6.27. The van der Waals surface area contributed by atoms with Crippen LogP contribution >= 0.6 is 28.3 Å². The van der Waals surface area contributed by atoms with Crippen LogP contribution in [0.25, 0.3) is 0 Å². The van der Waals surface area contributed by atoms with E-state index in [2.05, 4.69) is 21.2 Å². The maximum absolute atomic E-state index is 12.0. The maximum Gasteiger partial charge on any atom is 0.251 e. The summed E-state index contributed by atoms with van der Waals surface area (Å²) in [7, 11) is 0. The number of halogens is 2. The molecule has 1 atom stereocenters. The molecule has 1 aromatic carbocycles. The van der Waals surface area contributed by atoms with E-state index in [4.69, 9.17) is 10.5 Å². The van der Waals surface area contributed by atoms with Gasteiger partial charge in [-0.2, -0.15) is 0 Å². The van der Waals surface area contributed by atoms with E-state index in [1.165, 1.54) is 0 Å². The molecule has 0 unspecified atom stereocenters. The SMILES string of the molecule is CC(C)Oc1cc(Br)cc(C(=O)N[C@@H](C)CN)c1.Cl. The Morgan fingerprint density at radius 1 is 1.37 bits per heavy atom. The highest BCUT2D eigenvalue weighted by molar-refractivity contribution is 9.10. The topological polar surface area (TPSA) is 64.3 Å². The molecule has 19 heavy (non-hydrogen) atoms. The smallest absolute Gasteiger partial charge is 0.251 e. The monoisotopic (exact) mass is 350 g/mol. The number of amides is 1. The van der Waals surface area contributed by atoms with E-state index in [9.17, 15) is 4.79 Å². The first-order chi connectivity index (χ1) is 8.42. The fourth-order valence-electron chi connectivity index (χ4n) is 1.40. The Hall–Kier alpha value is -0.780. The second-order valence-corrected chi connectivity index (χ2v) is 5.37. The van der Waals surface area contributed by atoms with Crippen molar-refractivity contribution in [2.75, 3.05) is 6.54 Å². The zero-order valence-corrected chi connectivity index (χ0v) is 13.7. The minimum Gasteiger partial charge on any atom is -0.491 e. The van der Waals surface area contributed by atoms with Gasteiger partial charge in [0.2, 0.25) is 0 Å². The number of carbonyl (C=O) groups is 1. The molecule has 0 aliphatic heterocycles. The van der Waals surface area contributed by atoms with Crippen molar-refractivity contribution in [1.82, 2.24) is 5.32 Å². The molecule has 0 saturated heterocycles. The highest BCUT2D eigenvalue weighted by Gasteiger charge is 2.11. The van der Waals surface area contributed by atoms with Gasteiger partial charge in [0.15, 0.2) is 0 Å². The average Bonchev–Trinajstić information content (AvgIpc) is 2.26. The van der Waals surface area contributed by atoms with Crippen LogP contribution in [0, 0.1) is 0 Å². The Labute approximate surface area is 128 Å². The first-order valence-electron chi connectivity index (χ1n) is 5.90. The highest BCUT2D eigenvalue weighted by Crippen LogP contribution is 2.22. The molecule has 0 fully saturated rings. The Kier molecular flexibility index (Phi) is 8.06. The number of nitrogens with two attached hydrogens (primary N) is 1. The molecular formula is C13H20BrClN2O2. The first kappa shape index (κ1) is 18.2. The van der Waals surface area contributed by atoms with Gasteiger partial charge in [0.25, 0.3) is 5.91 Å². The van der Waals surface area contributed by atoms with Crippen molar-refractivity contribution in [3.8, 4) is 5.75 Å². The van der Waals surface area contributed by atoms with Crippen LogP contribution in [0.5, 0.6) is 5.75 Å². The van der Waals surface area contributed by atoms with E-state index in [1.807, 2.05) is 26.8 Å². The van der Waals surface area contributed by atoms with Crippen LogP contribution in [0.3, 0.4) is 0 Å². The minimum absolute atomic E-state index is 0. The molecule has 1 aromatic rings. The summed E-state index contributed by atoms with van der Waals surface area (Å²) >= 11 is 3.37. The first-order valence-corrected chi connectivity index (χ1v) is 6.70. The summed E-state index contributed by atoms with van der Waals surface area (Å²) in [4.78, 5) is 12.0. The lowest BCUT2D eigenvalue weighted by atomic mass is 10.2. The van der Waals surface area contributed by atoms with E-state index in [-0.39, 0.29) is 30.5 Å². The van der Waals surface area contributed by atoms with Gasteiger partial charge in [-0.15, -0.1) is 12.4 Å². The maximum atomic E-state index is 12.0. The summed E-state index contributed by atoms with van der Waals surface area (Å²) in [5.41, 5.74) is 6.03. The third-order valence-electron chi connectivity index (χ3n) is 2.24. The molecule has 6 heteroatoms. The lowest BCUT2D eigenvalue weighted by molar-refractivity contribution is 0.0940. The van der Waals surface area contributed by atoms with Crippen molar-refractivity contribution in [3.05, 3.63) is 28.2 Å². The van der Waals surface area contributed by atoms with Gasteiger partial charge >= 0.3 is 0 Å². The molecule has 0 aliphatic rings. The number of nitrogens with one attached hydrogen (secondary N) is 1. The molecule has 108 valence electrons. The molecule has 0 bridgehead atoms. The zero-order chi connectivity index (χ0) is 13.7. The van der Waals surface area contributed by atoms with Crippen LogP contribution in [0.2, 0.25) is 0 Å². The Morgan fingerprint density at radius 3 is 2.53 bits per heavy atom. The fraction of sp³-hybridized carbons (Fsp3) is 0.462. The van der Waals surface area contributed by atoms with Gasteiger partial charge in [0.05, 0.1) is 6.10 Å². The lowest BCUT2D eigenvalue weighted by Crippen LogP contribution is -2.37. The van der Waals surface area contributed by atoms with Crippen molar-refractivity contribution >= 4 is 34.2 Å². The van der Waals surface area contributed by atoms with Crippen molar-refractivity contribution in [1.29, 1.82) is 0 Å². The third-order valence-corrected chi connectivity index (χ3v) is 2.69. The molecule has 0 saturated carbocycles. The Morgan fingerprint density at radius 2 is 2.00 bits per heavy atom. The molecule has 0 aliphatic carbocycles. The lowest BCUT2D eigenvalue weighted by Gasteiger charge is -2.14. The number of benzene rings is 1. The second-order valence-electron chi connectivity index (χ2n) is 4.45. The predicted octanol–water partition coefficient (Wildman–Crippen LogP) is 2.74. The van der Waals surface area contributed by atoms with Gasteiger partial charge in [0.1, 0.15) is 5.75 Å². The number of hydrogen-bond donors (Lipinski definition) is 2. The molecule has 1 rings (SSSR count). The quantitative estimate of drug-likeness (QED) is 0.857. The van der Waals surface area contributed by atoms with Crippen LogP contribution in [0.15, 0.2) is 22.7 Å². The van der Waals surface area contributed by atoms with Crippen LogP contribution in [0.4, 0.5) is 0 Å². The van der Waals surface area contributed by atoms with Gasteiger partial charge in [-0.05, 0) is 39.0 Å². The highest BCUT2D eigenvalue weighted by atomic mass is 79.9. The standard InChI is InChI=1S/C13H19BrN2O2.ClH/c1-8(2)18-12-5-10(4-11(14)6-12)13(17)16-9(3)7-15;/h4-6,8-9H,7,15H2,1-3H3,(H,16,17);1H/t9-;/m0./s1. The van der Waals surface area contributed by atoms with E-state index < -0.39 is 0 Å². The van der Waals surface area contributed by atoms with Gasteiger partial charge in [0, 0.05) is 22.6 Å². The molecule has 0 spiro atoms. The summed E-state index contributed by atoms with van der Waals surface area (Å²) in [6.45, 7) is 6.16. The van der Waals surface area contributed by atoms with Crippen molar-refractivity contribution in [2.45, 2.75) is 32.9 Å². The Balaban J connectivity index is 0.00000324. The second kappa shape index (κ2) is 8.40. The zero-order valence-electron chi connectivity index (χ0n) is 11.3. The largest absolute Gasteiger partial charge is 0.491 e. The summed E-state index contributed by atoms with van der Waals surface area (Å²) in [6.07, 6.45) is 0.0678. The molecule has 0 heterocycles. The Bertz CT molecular complexity index is 427. The molecular weight excluding hydrogens is 332 g/mol. The molecule has 0 aromatic heterocycles. The normalized spacial score (nSPS) is 11.7.